The normalized spacial score (nSPS) is 17.5. The van der Waals surface area contributed by atoms with Gasteiger partial charge in [-0.2, -0.15) is 0 Å². The molecule has 1 heterocycles. The molecule has 0 aromatic carbocycles. The Labute approximate surface area is 154 Å². The molecule has 0 aromatic rings. The van der Waals surface area contributed by atoms with Crippen molar-refractivity contribution in [3.8, 4) is 0 Å². The van der Waals surface area contributed by atoms with Crippen LogP contribution >= 0.6 is 0 Å². The van der Waals surface area contributed by atoms with E-state index in [2.05, 4.69) is 5.32 Å². The average molecular weight is 369 g/mol. The molecule has 1 atom stereocenters. The van der Waals surface area contributed by atoms with Crippen molar-refractivity contribution in [2.24, 2.45) is 5.92 Å². The fourth-order valence-electron chi connectivity index (χ4n) is 3.19. The largest absolute Gasteiger partial charge is 0.480 e. The maximum atomic E-state index is 12.3. The Balaban J connectivity index is 2.46. The minimum Gasteiger partial charge on any atom is -0.480 e. The van der Waals surface area contributed by atoms with Crippen LogP contribution in [0.25, 0.3) is 0 Å². The lowest BCUT2D eigenvalue weighted by Crippen LogP contribution is -2.43. The van der Waals surface area contributed by atoms with Gasteiger partial charge in [-0.25, -0.2) is 0 Å². The maximum Gasteiger partial charge on any atom is 0.323 e. The predicted octanol–water partition coefficient (Wildman–Crippen LogP) is 0.853. The number of carbonyl (C=O) groups excluding carboxylic acids is 3. The average Bonchev–Trinajstić information content (AvgIpc) is 2.77. The molecule has 0 spiro atoms. The number of rotatable bonds is 8. The molecule has 1 aliphatic rings. The van der Waals surface area contributed by atoms with Crippen molar-refractivity contribution in [1.82, 2.24) is 15.1 Å². The third-order valence-corrected chi connectivity index (χ3v) is 4.46. The molecule has 0 aliphatic carbocycles. The van der Waals surface area contributed by atoms with Crippen LogP contribution in [0.4, 0.5) is 0 Å². The molecular formula is C18H31N3O5. The van der Waals surface area contributed by atoms with Gasteiger partial charge < -0.3 is 20.2 Å². The summed E-state index contributed by atoms with van der Waals surface area (Å²) in [4.78, 5) is 49.8. The van der Waals surface area contributed by atoms with Gasteiger partial charge in [-0.1, -0.05) is 13.8 Å². The van der Waals surface area contributed by atoms with E-state index in [0.717, 1.165) is 6.42 Å². The van der Waals surface area contributed by atoms with E-state index in [-0.39, 0.29) is 42.6 Å². The fourth-order valence-corrected chi connectivity index (χ4v) is 3.19. The Bertz CT molecular complexity index is 521. The molecule has 8 heteroatoms. The van der Waals surface area contributed by atoms with Gasteiger partial charge in [-0.15, -0.1) is 0 Å². The Morgan fingerprint density at radius 3 is 2.46 bits per heavy atom. The van der Waals surface area contributed by atoms with Gasteiger partial charge in [0.05, 0.1) is 0 Å². The van der Waals surface area contributed by atoms with Crippen molar-refractivity contribution in [1.29, 1.82) is 0 Å². The smallest absolute Gasteiger partial charge is 0.323 e. The van der Waals surface area contributed by atoms with Crippen LogP contribution in [0.1, 0.15) is 52.9 Å². The van der Waals surface area contributed by atoms with Crippen molar-refractivity contribution in [3.05, 3.63) is 0 Å². The van der Waals surface area contributed by atoms with Crippen LogP contribution in [-0.4, -0.2) is 70.8 Å². The number of hydrogen-bond donors (Lipinski definition) is 2. The van der Waals surface area contributed by atoms with E-state index in [1.807, 2.05) is 13.8 Å². The van der Waals surface area contributed by atoms with Crippen molar-refractivity contribution < 1.29 is 24.3 Å². The quantitative estimate of drug-likeness (QED) is 0.660. The standard InChI is InChI=1S/C18H31N3O5/c1-13(2)11-16(23)19-8-6-17(24)20-9-4-5-15(7-10-20)21(14(3)22)12-18(25)26/h13,15H,4-12H2,1-3H3,(H,19,23)(H,25,26). The van der Waals surface area contributed by atoms with Gasteiger partial charge >= 0.3 is 5.97 Å². The molecule has 0 saturated carbocycles. The summed E-state index contributed by atoms with van der Waals surface area (Å²) < 4.78 is 0. The van der Waals surface area contributed by atoms with E-state index in [9.17, 15) is 19.2 Å². The van der Waals surface area contributed by atoms with Gasteiger partial charge in [0.1, 0.15) is 6.54 Å². The van der Waals surface area contributed by atoms with Crippen LogP contribution < -0.4 is 5.32 Å². The maximum absolute atomic E-state index is 12.3. The lowest BCUT2D eigenvalue weighted by molar-refractivity contribution is -0.145. The SMILES string of the molecule is CC(=O)N(CC(=O)O)C1CCCN(C(=O)CCNC(=O)CC(C)C)CC1. The Kier molecular flexibility index (Phi) is 9.09. The van der Waals surface area contributed by atoms with Crippen molar-refractivity contribution in [3.63, 3.8) is 0 Å². The van der Waals surface area contributed by atoms with Crippen LogP contribution in [0.15, 0.2) is 0 Å². The summed E-state index contributed by atoms with van der Waals surface area (Å²) in [6.07, 6.45) is 2.67. The molecule has 1 aliphatic heterocycles. The van der Waals surface area contributed by atoms with Crippen molar-refractivity contribution >= 4 is 23.7 Å². The van der Waals surface area contributed by atoms with E-state index < -0.39 is 5.97 Å². The highest BCUT2D eigenvalue weighted by Gasteiger charge is 2.27. The van der Waals surface area contributed by atoms with Gasteiger partial charge in [0, 0.05) is 45.4 Å². The number of carbonyl (C=O) groups is 4. The highest BCUT2D eigenvalue weighted by molar-refractivity contribution is 5.80. The molecule has 2 N–H and O–H groups in total. The van der Waals surface area contributed by atoms with Gasteiger partial charge in [-0.3, -0.25) is 19.2 Å². The minimum absolute atomic E-state index is 0.0249. The summed E-state index contributed by atoms with van der Waals surface area (Å²) in [6.45, 7) is 6.40. The Morgan fingerprint density at radius 1 is 1.19 bits per heavy atom. The van der Waals surface area contributed by atoms with Crippen LogP contribution in [0.2, 0.25) is 0 Å². The van der Waals surface area contributed by atoms with Crippen LogP contribution in [-0.2, 0) is 19.2 Å². The molecule has 0 radical (unpaired) electrons. The molecule has 8 nitrogen and oxygen atoms in total. The number of carboxylic acids is 1. The minimum atomic E-state index is -1.03. The second-order valence-electron chi connectivity index (χ2n) is 7.20. The lowest BCUT2D eigenvalue weighted by atomic mass is 10.1. The van der Waals surface area contributed by atoms with E-state index >= 15 is 0 Å². The van der Waals surface area contributed by atoms with Crippen LogP contribution in [0.5, 0.6) is 0 Å². The zero-order valence-electron chi connectivity index (χ0n) is 16.0. The first-order valence-corrected chi connectivity index (χ1v) is 9.24. The molecule has 1 fully saturated rings. The zero-order valence-corrected chi connectivity index (χ0v) is 16.0. The van der Waals surface area contributed by atoms with E-state index in [1.54, 1.807) is 4.90 Å². The summed E-state index contributed by atoms with van der Waals surface area (Å²) in [5, 5.41) is 11.7. The molecule has 0 aromatic heterocycles. The first-order chi connectivity index (χ1) is 12.2. The third kappa shape index (κ3) is 7.84. The number of likely N-dealkylation sites (tertiary alicyclic amines) is 1. The predicted molar refractivity (Wildman–Crippen MR) is 96.3 cm³/mol. The summed E-state index contributed by atoms with van der Waals surface area (Å²) in [5.74, 6) is -1.08. The van der Waals surface area contributed by atoms with Crippen molar-refractivity contribution in [2.75, 3.05) is 26.2 Å². The third-order valence-electron chi connectivity index (χ3n) is 4.46. The second-order valence-corrected chi connectivity index (χ2v) is 7.20. The van der Waals surface area contributed by atoms with Gasteiger partial charge in [0.15, 0.2) is 0 Å². The number of amides is 3. The molecule has 0 bridgehead atoms. The van der Waals surface area contributed by atoms with Crippen LogP contribution in [0, 0.1) is 5.92 Å². The van der Waals surface area contributed by atoms with E-state index in [1.165, 1.54) is 11.8 Å². The van der Waals surface area contributed by atoms with Gasteiger partial charge in [0.25, 0.3) is 0 Å². The highest BCUT2D eigenvalue weighted by Crippen LogP contribution is 2.18. The molecule has 1 unspecified atom stereocenters. The number of aliphatic carboxylic acids is 1. The molecular weight excluding hydrogens is 338 g/mol. The number of hydrogen-bond acceptors (Lipinski definition) is 4. The lowest BCUT2D eigenvalue weighted by Gasteiger charge is -2.28. The Hall–Kier alpha value is -2.12. The number of nitrogens with zero attached hydrogens (tertiary/aromatic N) is 2. The van der Waals surface area contributed by atoms with E-state index in [0.29, 0.717) is 38.9 Å². The summed E-state index contributed by atoms with van der Waals surface area (Å²) in [6, 6.07) is -0.160. The molecule has 1 saturated heterocycles. The Morgan fingerprint density at radius 2 is 1.88 bits per heavy atom. The molecule has 26 heavy (non-hydrogen) atoms. The van der Waals surface area contributed by atoms with Gasteiger partial charge in [0.2, 0.25) is 17.7 Å². The topological polar surface area (TPSA) is 107 Å². The summed E-state index contributed by atoms with van der Waals surface area (Å²) >= 11 is 0. The zero-order chi connectivity index (χ0) is 19.7. The van der Waals surface area contributed by atoms with Gasteiger partial charge in [-0.05, 0) is 25.2 Å². The van der Waals surface area contributed by atoms with Crippen molar-refractivity contribution in [2.45, 2.75) is 58.9 Å². The monoisotopic (exact) mass is 369 g/mol. The molecule has 148 valence electrons. The molecule has 1 rings (SSSR count). The van der Waals surface area contributed by atoms with E-state index in [4.69, 9.17) is 5.11 Å². The molecule has 3 amide bonds. The fraction of sp³-hybridized carbons (Fsp3) is 0.778. The number of nitrogens with one attached hydrogen (secondary N) is 1. The highest BCUT2D eigenvalue weighted by atomic mass is 16.4. The van der Waals surface area contributed by atoms with Crippen LogP contribution in [0.3, 0.4) is 0 Å². The first kappa shape index (κ1) is 21.9. The summed E-state index contributed by atoms with van der Waals surface area (Å²) in [7, 11) is 0. The summed E-state index contributed by atoms with van der Waals surface area (Å²) in [5.41, 5.74) is 0. The second kappa shape index (κ2) is 10.8. The first-order valence-electron chi connectivity index (χ1n) is 9.24. The number of carboxylic acid groups (broad SMARTS) is 1.